The maximum absolute atomic E-state index is 12.8. The predicted octanol–water partition coefficient (Wildman–Crippen LogP) is 4.32. The molecule has 5 nitrogen and oxygen atoms in total. The Kier molecular flexibility index (Phi) is 6.90. The van der Waals surface area contributed by atoms with Crippen molar-refractivity contribution in [2.75, 3.05) is 17.5 Å². The first-order valence-corrected chi connectivity index (χ1v) is 11.7. The fourth-order valence-electron chi connectivity index (χ4n) is 3.46. The zero-order chi connectivity index (χ0) is 21.6. The number of hydrogen-bond acceptors (Lipinski definition) is 3. The molecular formula is C24H26N2O3S. The van der Waals surface area contributed by atoms with E-state index in [1.165, 1.54) is 11.1 Å². The van der Waals surface area contributed by atoms with Gasteiger partial charge in [0.05, 0.1) is 17.5 Å². The van der Waals surface area contributed by atoms with E-state index >= 15 is 0 Å². The molecule has 0 atom stereocenters. The van der Waals surface area contributed by atoms with Gasteiger partial charge in [-0.2, -0.15) is 0 Å². The maximum Gasteiger partial charge on any atom is 0.253 e. The third kappa shape index (κ3) is 5.94. The highest BCUT2D eigenvalue weighted by atomic mass is 32.2. The molecule has 0 heterocycles. The van der Waals surface area contributed by atoms with Gasteiger partial charge >= 0.3 is 0 Å². The van der Waals surface area contributed by atoms with Gasteiger partial charge in [-0.05, 0) is 36.6 Å². The number of carbonyl (C=O) groups is 1. The van der Waals surface area contributed by atoms with E-state index in [2.05, 4.69) is 34.3 Å². The summed E-state index contributed by atoms with van der Waals surface area (Å²) in [5, 5.41) is 2.95. The van der Waals surface area contributed by atoms with Crippen LogP contribution in [0.5, 0.6) is 0 Å². The van der Waals surface area contributed by atoms with Crippen molar-refractivity contribution in [3.8, 4) is 0 Å². The number of hydrogen-bond donors (Lipinski definition) is 2. The number of rotatable bonds is 8. The Balaban J connectivity index is 1.75. The summed E-state index contributed by atoms with van der Waals surface area (Å²) in [5.74, 6) is -0.149. The van der Waals surface area contributed by atoms with Crippen molar-refractivity contribution >= 4 is 21.6 Å². The third-order valence-electron chi connectivity index (χ3n) is 4.84. The van der Waals surface area contributed by atoms with Crippen LogP contribution in [0.1, 0.15) is 39.4 Å². The summed E-state index contributed by atoms with van der Waals surface area (Å²) in [5.41, 5.74) is 3.85. The molecule has 30 heavy (non-hydrogen) atoms. The van der Waals surface area contributed by atoms with Gasteiger partial charge in [-0.3, -0.25) is 9.52 Å². The van der Waals surface area contributed by atoms with E-state index in [4.69, 9.17) is 0 Å². The summed E-state index contributed by atoms with van der Waals surface area (Å²) in [6.45, 7) is 2.32. The summed E-state index contributed by atoms with van der Waals surface area (Å²) >= 11 is 0. The molecule has 0 spiro atoms. The van der Waals surface area contributed by atoms with Gasteiger partial charge in [0.25, 0.3) is 5.91 Å². The van der Waals surface area contributed by atoms with Crippen LogP contribution < -0.4 is 10.0 Å². The number of sulfonamides is 1. The Bertz CT molecular complexity index is 1060. The lowest BCUT2D eigenvalue weighted by Gasteiger charge is -2.19. The highest BCUT2D eigenvalue weighted by Gasteiger charge is 2.17. The summed E-state index contributed by atoms with van der Waals surface area (Å²) in [7, 11) is -3.48. The van der Waals surface area contributed by atoms with Crippen molar-refractivity contribution in [1.29, 1.82) is 0 Å². The second-order valence-corrected chi connectivity index (χ2v) is 9.09. The molecule has 0 saturated carbocycles. The lowest BCUT2D eigenvalue weighted by Crippen LogP contribution is -2.27. The van der Waals surface area contributed by atoms with Gasteiger partial charge < -0.3 is 5.32 Å². The fourth-order valence-corrected chi connectivity index (χ4v) is 4.03. The Morgan fingerprint density at radius 3 is 2.00 bits per heavy atom. The smallest absolute Gasteiger partial charge is 0.253 e. The molecule has 0 fully saturated rings. The minimum absolute atomic E-state index is 0.152. The molecule has 3 aromatic rings. The monoisotopic (exact) mass is 422 g/mol. The number of amides is 1. The van der Waals surface area contributed by atoms with Crippen LogP contribution in [0, 0.1) is 6.92 Å². The van der Waals surface area contributed by atoms with Gasteiger partial charge in [-0.1, -0.05) is 72.3 Å². The summed E-state index contributed by atoms with van der Waals surface area (Å²) in [6.07, 6.45) is 1.79. The molecule has 3 rings (SSSR count). The number of anilines is 1. The maximum atomic E-state index is 12.8. The zero-order valence-corrected chi connectivity index (χ0v) is 17.9. The molecule has 0 aliphatic rings. The van der Waals surface area contributed by atoms with Crippen LogP contribution >= 0.6 is 0 Å². The number of carbonyl (C=O) groups excluding carboxylic acids is 1. The Morgan fingerprint density at radius 1 is 0.900 bits per heavy atom. The van der Waals surface area contributed by atoms with Crippen LogP contribution in [0.4, 0.5) is 5.69 Å². The first-order chi connectivity index (χ1) is 14.3. The topological polar surface area (TPSA) is 75.3 Å². The second kappa shape index (κ2) is 9.59. The number of aryl methyl sites for hydroxylation is 1. The summed E-state index contributed by atoms with van der Waals surface area (Å²) < 4.78 is 25.7. The normalized spacial score (nSPS) is 11.3. The highest BCUT2D eigenvalue weighted by Crippen LogP contribution is 2.27. The van der Waals surface area contributed by atoms with Crippen molar-refractivity contribution < 1.29 is 13.2 Å². The van der Waals surface area contributed by atoms with Crippen LogP contribution in [0.2, 0.25) is 0 Å². The largest absolute Gasteiger partial charge is 0.352 e. The van der Waals surface area contributed by atoms with Gasteiger partial charge in [0.15, 0.2) is 0 Å². The van der Waals surface area contributed by atoms with Gasteiger partial charge in [0.1, 0.15) is 0 Å². The van der Waals surface area contributed by atoms with Gasteiger partial charge in [-0.25, -0.2) is 8.42 Å². The molecule has 2 N–H and O–H groups in total. The zero-order valence-electron chi connectivity index (χ0n) is 17.1. The molecule has 0 saturated heterocycles. The molecule has 0 radical (unpaired) electrons. The minimum Gasteiger partial charge on any atom is -0.352 e. The summed E-state index contributed by atoms with van der Waals surface area (Å²) in [4.78, 5) is 12.8. The quantitative estimate of drug-likeness (QED) is 0.568. The molecule has 3 aromatic carbocycles. The van der Waals surface area contributed by atoms with Crippen LogP contribution in [0.25, 0.3) is 0 Å². The van der Waals surface area contributed by atoms with E-state index in [1.807, 2.05) is 43.3 Å². The molecule has 156 valence electrons. The van der Waals surface area contributed by atoms with Crippen LogP contribution in [0.3, 0.4) is 0 Å². The number of benzene rings is 3. The molecular weight excluding hydrogens is 396 g/mol. The Morgan fingerprint density at radius 2 is 1.47 bits per heavy atom. The first-order valence-electron chi connectivity index (χ1n) is 9.80. The van der Waals surface area contributed by atoms with E-state index in [0.717, 1.165) is 18.2 Å². The van der Waals surface area contributed by atoms with Crippen LogP contribution in [-0.2, 0) is 10.0 Å². The van der Waals surface area contributed by atoms with Gasteiger partial charge in [0, 0.05) is 12.5 Å². The molecule has 0 unspecified atom stereocenters. The van der Waals surface area contributed by atoms with E-state index in [9.17, 15) is 13.2 Å². The van der Waals surface area contributed by atoms with E-state index in [0.29, 0.717) is 12.1 Å². The van der Waals surface area contributed by atoms with Crippen LogP contribution in [0.15, 0.2) is 78.9 Å². The van der Waals surface area contributed by atoms with Crippen LogP contribution in [-0.4, -0.2) is 27.1 Å². The Labute approximate surface area is 178 Å². The molecule has 0 aliphatic carbocycles. The summed E-state index contributed by atoms with van der Waals surface area (Å²) in [6, 6.07) is 25.5. The first kappa shape index (κ1) is 21.6. The SMILES string of the molecule is Cc1ccc(NS(C)(=O)=O)c(C(=O)NCCC(c2ccccc2)c2ccccc2)c1. The molecule has 1 amide bonds. The lowest BCUT2D eigenvalue weighted by atomic mass is 9.88. The average Bonchev–Trinajstić information content (AvgIpc) is 2.72. The van der Waals surface area contributed by atoms with Gasteiger partial charge in [-0.15, -0.1) is 0 Å². The van der Waals surface area contributed by atoms with Crippen molar-refractivity contribution in [3.63, 3.8) is 0 Å². The third-order valence-corrected chi connectivity index (χ3v) is 5.43. The van der Waals surface area contributed by atoms with Gasteiger partial charge in [0.2, 0.25) is 10.0 Å². The predicted molar refractivity (Wildman–Crippen MR) is 121 cm³/mol. The minimum atomic E-state index is -3.48. The van der Waals surface area contributed by atoms with E-state index < -0.39 is 10.0 Å². The molecule has 6 heteroatoms. The second-order valence-electron chi connectivity index (χ2n) is 7.34. The molecule has 0 bridgehead atoms. The van der Waals surface area contributed by atoms with E-state index in [1.54, 1.807) is 18.2 Å². The fraction of sp³-hybridized carbons (Fsp3) is 0.208. The van der Waals surface area contributed by atoms with E-state index in [-0.39, 0.29) is 17.5 Å². The highest BCUT2D eigenvalue weighted by molar-refractivity contribution is 7.92. The standard InChI is InChI=1S/C24H26N2O3S/c1-18-13-14-23(26-30(2,28)29)22(17-18)24(27)25-16-15-21(19-9-5-3-6-10-19)20-11-7-4-8-12-20/h3-14,17,21,26H,15-16H2,1-2H3,(H,25,27). The molecule has 0 aliphatic heterocycles. The molecule has 0 aromatic heterocycles. The Hall–Kier alpha value is -3.12. The number of nitrogens with one attached hydrogen (secondary N) is 2. The lowest BCUT2D eigenvalue weighted by molar-refractivity contribution is 0.0953. The van der Waals surface area contributed by atoms with Crippen molar-refractivity contribution in [1.82, 2.24) is 5.32 Å². The van der Waals surface area contributed by atoms with Crippen molar-refractivity contribution in [3.05, 3.63) is 101 Å². The van der Waals surface area contributed by atoms with Crippen molar-refractivity contribution in [2.24, 2.45) is 0 Å². The average molecular weight is 423 g/mol. The van der Waals surface area contributed by atoms with Crippen molar-refractivity contribution in [2.45, 2.75) is 19.3 Å².